The lowest BCUT2D eigenvalue weighted by Crippen LogP contribution is -1.88. The lowest BCUT2D eigenvalue weighted by Gasteiger charge is -2.06. The maximum Gasteiger partial charge on any atom is 0.132 e. The van der Waals surface area contributed by atoms with Gasteiger partial charge in [-0.1, -0.05) is 30.3 Å². The van der Waals surface area contributed by atoms with Crippen LogP contribution in [0.1, 0.15) is 11.1 Å². The highest BCUT2D eigenvalue weighted by Gasteiger charge is 2.07. The van der Waals surface area contributed by atoms with Crippen LogP contribution in [0.5, 0.6) is 0 Å². The van der Waals surface area contributed by atoms with Gasteiger partial charge in [0.25, 0.3) is 0 Å². The van der Waals surface area contributed by atoms with Crippen LogP contribution in [-0.4, -0.2) is 0 Å². The van der Waals surface area contributed by atoms with Crippen LogP contribution in [0.15, 0.2) is 42.5 Å². The van der Waals surface area contributed by atoms with Crippen LogP contribution in [0.2, 0.25) is 0 Å². The van der Waals surface area contributed by atoms with Gasteiger partial charge in [-0.3, -0.25) is 0 Å². The lowest BCUT2D eigenvalue weighted by atomic mass is 9.99. The van der Waals surface area contributed by atoms with Crippen molar-refractivity contribution in [2.24, 2.45) is 0 Å². The van der Waals surface area contributed by atoms with E-state index in [1.54, 1.807) is 12.1 Å². The summed E-state index contributed by atoms with van der Waals surface area (Å²) in [4.78, 5) is 0. The van der Waals surface area contributed by atoms with E-state index in [1.165, 1.54) is 6.07 Å². The zero-order valence-electron chi connectivity index (χ0n) is 8.87. The highest BCUT2D eigenvalue weighted by molar-refractivity contribution is 5.68. The monoisotopic (exact) mass is 211 g/mol. The quantitative estimate of drug-likeness (QED) is 0.706. The Morgan fingerprint density at radius 2 is 1.81 bits per heavy atom. The van der Waals surface area contributed by atoms with E-state index in [9.17, 15) is 4.39 Å². The average molecular weight is 211 g/mol. The molecule has 0 saturated heterocycles. The lowest BCUT2D eigenvalue weighted by molar-refractivity contribution is 0.630. The van der Waals surface area contributed by atoms with Gasteiger partial charge in [-0.2, -0.15) is 5.26 Å². The average Bonchev–Trinajstić information content (AvgIpc) is 2.30. The van der Waals surface area contributed by atoms with Crippen molar-refractivity contribution in [3.05, 3.63) is 59.4 Å². The number of hydrogen-bond donors (Lipinski definition) is 0. The van der Waals surface area contributed by atoms with Crippen molar-refractivity contribution in [1.82, 2.24) is 0 Å². The van der Waals surface area contributed by atoms with E-state index in [-0.39, 0.29) is 5.82 Å². The Balaban J connectivity index is 2.58. The molecular weight excluding hydrogens is 201 g/mol. The standard InChI is InChI=1S/C14H10FN/c1-10-4-2-3-5-12(10)13-7-6-11(9-16)8-14(13)15/h2-8H,1H3. The van der Waals surface area contributed by atoms with Gasteiger partial charge >= 0.3 is 0 Å². The van der Waals surface area contributed by atoms with E-state index in [4.69, 9.17) is 5.26 Å². The SMILES string of the molecule is Cc1ccccc1-c1ccc(C#N)cc1F. The van der Waals surface area contributed by atoms with Gasteiger partial charge in [-0.05, 0) is 30.2 Å². The minimum atomic E-state index is -0.353. The highest BCUT2D eigenvalue weighted by atomic mass is 19.1. The second kappa shape index (κ2) is 4.16. The topological polar surface area (TPSA) is 23.8 Å². The normalized spacial score (nSPS) is 9.81. The third kappa shape index (κ3) is 1.80. The van der Waals surface area contributed by atoms with Gasteiger partial charge in [0, 0.05) is 5.56 Å². The molecule has 0 aliphatic heterocycles. The van der Waals surface area contributed by atoms with Crippen LogP contribution in [0, 0.1) is 24.1 Å². The molecular formula is C14H10FN. The Morgan fingerprint density at radius 1 is 1.06 bits per heavy atom. The summed E-state index contributed by atoms with van der Waals surface area (Å²) in [5, 5.41) is 8.66. The Bertz CT molecular complexity index is 567. The first-order valence-electron chi connectivity index (χ1n) is 4.98. The zero-order valence-corrected chi connectivity index (χ0v) is 8.87. The van der Waals surface area contributed by atoms with Gasteiger partial charge in [-0.25, -0.2) is 4.39 Å². The number of halogens is 1. The van der Waals surface area contributed by atoms with Crippen molar-refractivity contribution in [2.75, 3.05) is 0 Å². The maximum absolute atomic E-state index is 13.8. The second-order valence-corrected chi connectivity index (χ2v) is 3.62. The van der Waals surface area contributed by atoms with Crippen LogP contribution >= 0.6 is 0 Å². The maximum atomic E-state index is 13.8. The van der Waals surface area contributed by atoms with Crippen LogP contribution in [0.25, 0.3) is 11.1 Å². The van der Waals surface area contributed by atoms with E-state index in [0.29, 0.717) is 11.1 Å². The van der Waals surface area contributed by atoms with Crippen molar-refractivity contribution in [2.45, 2.75) is 6.92 Å². The highest BCUT2D eigenvalue weighted by Crippen LogP contribution is 2.26. The largest absolute Gasteiger partial charge is 0.206 e. The molecule has 2 aromatic rings. The number of benzene rings is 2. The molecule has 2 rings (SSSR count). The Hall–Kier alpha value is -2.14. The van der Waals surface area contributed by atoms with Gasteiger partial charge in [-0.15, -0.1) is 0 Å². The molecule has 0 unspecified atom stereocenters. The molecule has 0 bridgehead atoms. The summed E-state index contributed by atoms with van der Waals surface area (Å²) in [7, 11) is 0. The van der Waals surface area contributed by atoms with Crippen LogP contribution in [0.3, 0.4) is 0 Å². The molecule has 0 aliphatic carbocycles. The molecule has 0 N–H and O–H groups in total. The molecule has 16 heavy (non-hydrogen) atoms. The molecule has 2 heteroatoms. The fraction of sp³-hybridized carbons (Fsp3) is 0.0714. The molecule has 0 atom stereocenters. The second-order valence-electron chi connectivity index (χ2n) is 3.62. The number of hydrogen-bond acceptors (Lipinski definition) is 1. The summed E-state index contributed by atoms with van der Waals surface area (Å²) < 4.78 is 13.8. The molecule has 78 valence electrons. The zero-order chi connectivity index (χ0) is 11.5. The molecule has 2 aromatic carbocycles. The summed E-state index contributed by atoms with van der Waals surface area (Å²) >= 11 is 0. The molecule has 0 heterocycles. The number of aryl methyl sites for hydroxylation is 1. The molecule has 0 fully saturated rings. The van der Waals surface area contributed by atoms with Crippen molar-refractivity contribution in [3.8, 4) is 17.2 Å². The van der Waals surface area contributed by atoms with Gasteiger partial charge < -0.3 is 0 Å². The summed E-state index contributed by atoms with van der Waals surface area (Å²) in [6, 6.07) is 14.1. The molecule has 0 spiro atoms. The number of nitriles is 1. The Labute approximate surface area is 93.8 Å². The molecule has 1 nitrogen and oxygen atoms in total. The summed E-state index contributed by atoms with van der Waals surface area (Å²) in [5.74, 6) is -0.353. The van der Waals surface area contributed by atoms with Gasteiger partial charge in [0.15, 0.2) is 0 Å². The third-order valence-corrected chi connectivity index (χ3v) is 2.53. The predicted octanol–water partition coefficient (Wildman–Crippen LogP) is 3.67. The van der Waals surface area contributed by atoms with Crippen molar-refractivity contribution in [3.63, 3.8) is 0 Å². The fourth-order valence-electron chi connectivity index (χ4n) is 1.68. The van der Waals surface area contributed by atoms with E-state index in [1.807, 2.05) is 37.3 Å². The summed E-state index contributed by atoms with van der Waals surface area (Å²) in [5.41, 5.74) is 2.77. The fourth-order valence-corrected chi connectivity index (χ4v) is 1.68. The van der Waals surface area contributed by atoms with Crippen LogP contribution in [0.4, 0.5) is 4.39 Å². The molecule has 0 radical (unpaired) electrons. The predicted molar refractivity (Wildman–Crippen MR) is 61.3 cm³/mol. The minimum Gasteiger partial charge on any atom is -0.206 e. The smallest absolute Gasteiger partial charge is 0.132 e. The van der Waals surface area contributed by atoms with E-state index in [2.05, 4.69) is 0 Å². The van der Waals surface area contributed by atoms with E-state index in [0.717, 1.165) is 11.1 Å². The molecule has 0 aliphatic rings. The Morgan fingerprint density at radius 3 is 2.44 bits per heavy atom. The summed E-state index contributed by atoms with van der Waals surface area (Å²) in [6.45, 7) is 1.94. The Kier molecular flexibility index (Phi) is 2.70. The number of rotatable bonds is 1. The van der Waals surface area contributed by atoms with Crippen molar-refractivity contribution in [1.29, 1.82) is 5.26 Å². The number of nitrogens with zero attached hydrogens (tertiary/aromatic N) is 1. The minimum absolute atomic E-state index is 0.342. The van der Waals surface area contributed by atoms with Crippen LogP contribution in [-0.2, 0) is 0 Å². The summed E-state index contributed by atoms with van der Waals surface area (Å²) in [6.07, 6.45) is 0. The third-order valence-electron chi connectivity index (χ3n) is 2.53. The molecule has 0 saturated carbocycles. The van der Waals surface area contributed by atoms with Gasteiger partial charge in [0.2, 0.25) is 0 Å². The van der Waals surface area contributed by atoms with E-state index >= 15 is 0 Å². The first kappa shape index (κ1) is 10.4. The van der Waals surface area contributed by atoms with Crippen molar-refractivity contribution < 1.29 is 4.39 Å². The van der Waals surface area contributed by atoms with E-state index < -0.39 is 0 Å². The van der Waals surface area contributed by atoms with Gasteiger partial charge in [0.05, 0.1) is 11.6 Å². The molecule has 0 amide bonds. The van der Waals surface area contributed by atoms with Gasteiger partial charge in [0.1, 0.15) is 5.82 Å². The first-order chi connectivity index (χ1) is 7.72. The first-order valence-corrected chi connectivity index (χ1v) is 4.98. The van der Waals surface area contributed by atoms with Crippen molar-refractivity contribution >= 4 is 0 Å². The molecule has 0 aromatic heterocycles. The van der Waals surface area contributed by atoms with Crippen LogP contribution < -0.4 is 0 Å².